The summed E-state index contributed by atoms with van der Waals surface area (Å²) in [5.41, 5.74) is 1.23. The lowest BCUT2D eigenvalue weighted by atomic mass is 9.79. The van der Waals surface area contributed by atoms with Crippen LogP contribution in [0.15, 0.2) is 18.3 Å². The highest BCUT2D eigenvalue weighted by atomic mass is 16.5. The van der Waals surface area contributed by atoms with Crippen molar-refractivity contribution in [2.45, 2.75) is 44.2 Å². The first-order chi connectivity index (χ1) is 12.3. The Balaban J connectivity index is 1.22. The van der Waals surface area contributed by atoms with Crippen molar-refractivity contribution in [3.05, 3.63) is 23.9 Å². The van der Waals surface area contributed by atoms with E-state index in [-0.39, 0.29) is 5.60 Å². The minimum atomic E-state index is 0.0782. The molecule has 138 valence electrons. The second-order valence-corrected chi connectivity index (χ2v) is 8.01. The topological polar surface area (TPSA) is 43.8 Å². The first kappa shape index (κ1) is 17.3. The molecule has 2 saturated heterocycles. The molecule has 1 aromatic rings. The van der Waals surface area contributed by atoms with Gasteiger partial charge < -0.3 is 14.2 Å². The first-order valence-electron chi connectivity index (χ1n) is 9.68. The van der Waals surface area contributed by atoms with E-state index in [0.717, 1.165) is 62.7 Å². The Labute approximate surface area is 150 Å². The Kier molecular flexibility index (Phi) is 5.25. The predicted molar refractivity (Wildman–Crippen MR) is 95.6 cm³/mol. The Morgan fingerprint density at radius 2 is 2.16 bits per heavy atom. The number of methoxy groups -OCH3 is 1. The van der Waals surface area contributed by atoms with Crippen LogP contribution in [0, 0.1) is 11.8 Å². The molecule has 1 aromatic heterocycles. The van der Waals surface area contributed by atoms with Gasteiger partial charge in [0.05, 0.1) is 12.7 Å². The number of ether oxygens (including phenoxy) is 3. The standard InChI is InChI=1S/C20H30N2O3/c1-23-19-18(3-2-8-21-19)12-22-14-20(15-22)11-16(7-10-25-20)6-9-24-13-17-4-5-17/h2-3,8,16-17H,4-7,9-15H2,1H3. The molecular weight excluding hydrogens is 316 g/mol. The normalized spacial score (nSPS) is 25.7. The van der Waals surface area contributed by atoms with E-state index >= 15 is 0 Å². The van der Waals surface area contributed by atoms with Gasteiger partial charge in [-0.15, -0.1) is 0 Å². The largest absolute Gasteiger partial charge is 0.481 e. The number of aromatic nitrogens is 1. The van der Waals surface area contributed by atoms with Crippen LogP contribution in [0.25, 0.3) is 0 Å². The summed E-state index contributed by atoms with van der Waals surface area (Å²) in [6.45, 7) is 5.73. The lowest BCUT2D eigenvalue weighted by molar-refractivity contribution is -0.182. The third-order valence-corrected chi connectivity index (χ3v) is 5.78. The maximum atomic E-state index is 6.18. The lowest BCUT2D eigenvalue weighted by Gasteiger charge is -2.53. The highest BCUT2D eigenvalue weighted by Crippen LogP contribution is 2.39. The molecule has 4 rings (SSSR count). The van der Waals surface area contributed by atoms with Gasteiger partial charge in [0.15, 0.2) is 0 Å². The van der Waals surface area contributed by atoms with E-state index in [1.165, 1.54) is 32.1 Å². The molecule has 2 aliphatic heterocycles. The second kappa shape index (κ2) is 7.60. The van der Waals surface area contributed by atoms with Crippen molar-refractivity contribution in [3.63, 3.8) is 0 Å². The van der Waals surface area contributed by atoms with Gasteiger partial charge in [-0.2, -0.15) is 0 Å². The van der Waals surface area contributed by atoms with E-state index in [4.69, 9.17) is 14.2 Å². The van der Waals surface area contributed by atoms with Crippen LogP contribution in [0.4, 0.5) is 0 Å². The molecule has 1 aliphatic carbocycles. The number of likely N-dealkylation sites (tertiary alicyclic amines) is 1. The van der Waals surface area contributed by atoms with Crippen LogP contribution in [-0.2, 0) is 16.0 Å². The van der Waals surface area contributed by atoms with Gasteiger partial charge in [0.25, 0.3) is 0 Å². The molecule has 1 unspecified atom stereocenters. The first-order valence-corrected chi connectivity index (χ1v) is 9.68. The molecular formula is C20H30N2O3. The van der Waals surface area contributed by atoms with E-state index < -0.39 is 0 Å². The number of nitrogens with zero attached hydrogens (tertiary/aromatic N) is 2. The fraction of sp³-hybridized carbons (Fsp3) is 0.750. The summed E-state index contributed by atoms with van der Waals surface area (Å²) in [7, 11) is 1.68. The van der Waals surface area contributed by atoms with Crippen molar-refractivity contribution in [3.8, 4) is 5.88 Å². The van der Waals surface area contributed by atoms with Crippen LogP contribution in [-0.4, -0.2) is 55.5 Å². The predicted octanol–water partition coefficient (Wildman–Crippen LogP) is 2.89. The molecule has 3 aliphatic rings. The van der Waals surface area contributed by atoms with E-state index in [2.05, 4.69) is 16.0 Å². The van der Waals surface area contributed by atoms with Gasteiger partial charge in [0, 0.05) is 51.2 Å². The summed E-state index contributed by atoms with van der Waals surface area (Å²) < 4.78 is 17.4. The summed E-state index contributed by atoms with van der Waals surface area (Å²) in [5, 5.41) is 0. The number of pyridine rings is 1. The third kappa shape index (κ3) is 4.33. The summed E-state index contributed by atoms with van der Waals surface area (Å²) in [4.78, 5) is 6.73. The molecule has 3 heterocycles. The Hall–Kier alpha value is -1.17. The summed E-state index contributed by atoms with van der Waals surface area (Å²) in [5.74, 6) is 2.35. The average Bonchev–Trinajstić information content (AvgIpc) is 3.43. The number of rotatable bonds is 8. The quantitative estimate of drug-likeness (QED) is 0.677. The van der Waals surface area contributed by atoms with Crippen LogP contribution in [0.3, 0.4) is 0 Å². The van der Waals surface area contributed by atoms with Crippen LogP contribution in [0.2, 0.25) is 0 Å². The summed E-state index contributed by atoms with van der Waals surface area (Å²) >= 11 is 0. The molecule has 5 nitrogen and oxygen atoms in total. The lowest BCUT2D eigenvalue weighted by Crippen LogP contribution is -2.64. The minimum Gasteiger partial charge on any atom is -0.481 e. The molecule has 1 spiro atoms. The highest BCUT2D eigenvalue weighted by molar-refractivity contribution is 5.25. The van der Waals surface area contributed by atoms with E-state index in [0.29, 0.717) is 0 Å². The molecule has 3 fully saturated rings. The highest BCUT2D eigenvalue weighted by Gasteiger charge is 2.47. The SMILES string of the molecule is COc1ncccc1CN1CC2(CC(CCOCC3CC3)CCO2)C1. The second-order valence-electron chi connectivity index (χ2n) is 8.01. The van der Waals surface area contributed by atoms with Crippen LogP contribution < -0.4 is 4.74 Å². The summed E-state index contributed by atoms with van der Waals surface area (Å²) in [6.07, 6.45) is 8.08. The van der Waals surface area contributed by atoms with E-state index in [9.17, 15) is 0 Å². The monoisotopic (exact) mass is 346 g/mol. The molecule has 0 radical (unpaired) electrons. The maximum Gasteiger partial charge on any atom is 0.217 e. The molecule has 1 saturated carbocycles. The van der Waals surface area contributed by atoms with Crippen LogP contribution in [0.5, 0.6) is 5.88 Å². The molecule has 0 N–H and O–H groups in total. The maximum absolute atomic E-state index is 6.18. The van der Waals surface area contributed by atoms with Gasteiger partial charge in [-0.25, -0.2) is 4.98 Å². The zero-order valence-corrected chi connectivity index (χ0v) is 15.3. The van der Waals surface area contributed by atoms with Gasteiger partial charge in [0.2, 0.25) is 5.88 Å². The van der Waals surface area contributed by atoms with Crippen molar-refractivity contribution in [1.29, 1.82) is 0 Å². The van der Waals surface area contributed by atoms with Crippen LogP contribution >= 0.6 is 0 Å². The van der Waals surface area contributed by atoms with Crippen molar-refractivity contribution >= 4 is 0 Å². The third-order valence-electron chi connectivity index (χ3n) is 5.78. The fourth-order valence-corrected chi connectivity index (χ4v) is 4.23. The smallest absolute Gasteiger partial charge is 0.217 e. The molecule has 0 bridgehead atoms. The van der Waals surface area contributed by atoms with E-state index in [1.807, 2.05) is 6.07 Å². The average molecular weight is 346 g/mol. The zero-order chi connectivity index (χ0) is 17.1. The summed E-state index contributed by atoms with van der Waals surface area (Å²) in [6, 6.07) is 4.07. The molecule has 0 amide bonds. The van der Waals surface area contributed by atoms with Crippen molar-refractivity contribution in [1.82, 2.24) is 9.88 Å². The molecule has 5 heteroatoms. The fourth-order valence-electron chi connectivity index (χ4n) is 4.23. The van der Waals surface area contributed by atoms with Gasteiger partial charge in [0.1, 0.15) is 0 Å². The van der Waals surface area contributed by atoms with Crippen molar-refractivity contribution in [2.75, 3.05) is 40.0 Å². The zero-order valence-electron chi connectivity index (χ0n) is 15.3. The number of hydrogen-bond acceptors (Lipinski definition) is 5. The molecule has 0 aromatic carbocycles. The van der Waals surface area contributed by atoms with Gasteiger partial charge in [-0.05, 0) is 50.0 Å². The van der Waals surface area contributed by atoms with Gasteiger partial charge in [-0.1, -0.05) is 6.07 Å². The van der Waals surface area contributed by atoms with Gasteiger partial charge >= 0.3 is 0 Å². The van der Waals surface area contributed by atoms with Crippen molar-refractivity contribution in [2.24, 2.45) is 11.8 Å². The Bertz CT molecular complexity index is 570. The molecule has 1 atom stereocenters. The van der Waals surface area contributed by atoms with Crippen molar-refractivity contribution < 1.29 is 14.2 Å². The number of hydrogen-bond donors (Lipinski definition) is 0. The Morgan fingerprint density at radius 1 is 1.28 bits per heavy atom. The van der Waals surface area contributed by atoms with Gasteiger partial charge in [-0.3, -0.25) is 4.90 Å². The molecule has 25 heavy (non-hydrogen) atoms. The Morgan fingerprint density at radius 3 is 2.96 bits per heavy atom. The van der Waals surface area contributed by atoms with E-state index in [1.54, 1.807) is 13.3 Å². The minimum absolute atomic E-state index is 0.0782. The van der Waals surface area contributed by atoms with Crippen LogP contribution in [0.1, 0.15) is 37.7 Å².